The van der Waals surface area contributed by atoms with Crippen LogP contribution in [-0.4, -0.2) is 42.8 Å². The summed E-state index contributed by atoms with van der Waals surface area (Å²) in [4.78, 5) is 34.7. The Kier molecular flexibility index (Phi) is 37.6. The van der Waals surface area contributed by atoms with E-state index < -0.39 is 19.9 Å². The van der Waals surface area contributed by atoms with Gasteiger partial charge in [0.15, 0.2) is 6.10 Å². The highest BCUT2D eigenvalue weighted by Crippen LogP contribution is 2.43. The van der Waals surface area contributed by atoms with Crippen LogP contribution in [0.3, 0.4) is 0 Å². The number of phosphoric acid groups is 1. The minimum absolute atomic E-state index is 0.00273. The minimum atomic E-state index is -4.27. The summed E-state index contributed by atoms with van der Waals surface area (Å²) in [5.74, 6) is -0.792. The van der Waals surface area contributed by atoms with Gasteiger partial charge in [-0.05, 0) is 45.4 Å². The fraction of sp³-hybridized carbons (Fsp3) is 0.905. The number of phosphoric ester groups is 1. The quantitative estimate of drug-likeness (QED) is 0.0286. The lowest BCUT2D eigenvalue weighted by Gasteiger charge is -2.19. The average molecular weight is 745 g/mol. The molecule has 8 nitrogen and oxygen atoms in total. The van der Waals surface area contributed by atoms with Gasteiger partial charge in [-0.2, -0.15) is 0 Å². The van der Waals surface area contributed by atoms with E-state index in [-0.39, 0.29) is 32.2 Å². The van der Waals surface area contributed by atoms with Gasteiger partial charge in [0.05, 0.1) is 13.2 Å². The zero-order valence-electron chi connectivity index (χ0n) is 33.5. The summed E-state index contributed by atoms with van der Waals surface area (Å²) in [5, 5.41) is 0. The molecule has 2 atom stereocenters. The van der Waals surface area contributed by atoms with Crippen LogP contribution in [0.15, 0.2) is 12.2 Å². The van der Waals surface area contributed by atoms with Gasteiger partial charge in [0.25, 0.3) is 0 Å². The second-order valence-corrected chi connectivity index (χ2v) is 15.8. The standard InChI is InChI=1S/C42H81O8P/c1-4-7-9-11-13-15-17-19-20-21-22-23-25-27-29-31-33-35-37-42(44)50-40(39-49-51(45,46)48-6-3)38-47-41(43)36-34-32-30-28-26-24-18-16-14-12-10-8-5-2/h20-21,40H,4-19,22-39H2,1-3H3,(H,45,46)/b21-20-. The molecule has 0 aromatic carbocycles. The van der Waals surface area contributed by atoms with Crippen LogP contribution in [0.25, 0.3) is 0 Å². The topological polar surface area (TPSA) is 108 Å². The Morgan fingerprint density at radius 3 is 1.29 bits per heavy atom. The number of carbonyl (C=O) groups excluding carboxylic acids is 2. The molecular formula is C42H81O8P. The Labute approximate surface area is 314 Å². The van der Waals surface area contributed by atoms with Crippen LogP contribution in [0, 0.1) is 0 Å². The van der Waals surface area contributed by atoms with E-state index in [0.717, 1.165) is 44.9 Å². The van der Waals surface area contributed by atoms with E-state index in [1.54, 1.807) is 6.92 Å². The summed E-state index contributed by atoms with van der Waals surface area (Å²) in [6, 6.07) is 0. The summed E-state index contributed by atoms with van der Waals surface area (Å²) in [6.45, 7) is 5.49. The SMILES string of the molecule is CCCCCCCCC/C=C\CCCCCCCCCC(=O)OC(COC(=O)CCCCCCCCCCCCCCC)COP(=O)(O)OCC. The number of carbonyl (C=O) groups is 2. The molecule has 0 amide bonds. The molecule has 0 aliphatic rings. The molecule has 0 saturated carbocycles. The predicted molar refractivity (Wildman–Crippen MR) is 212 cm³/mol. The highest BCUT2D eigenvalue weighted by atomic mass is 31.2. The van der Waals surface area contributed by atoms with Crippen LogP contribution >= 0.6 is 7.82 Å². The van der Waals surface area contributed by atoms with E-state index >= 15 is 0 Å². The molecule has 0 heterocycles. The van der Waals surface area contributed by atoms with Gasteiger partial charge in [0, 0.05) is 12.8 Å². The molecule has 302 valence electrons. The predicted octanol–water partition coefficient (Wildman–Crippen LogP) is 13.3. The number of unbranched alkanes of at least 4 members (excludes halogenated alkanes) is 26. The average Bonchev–Trinajstić information content (AvgIpc) is 3.10. The van der Waals surface area contributed by atoms with Crippen molar-refractivity contribution in [3.05, 3.63) is 12.2 Å². The van der Waals surface area contributed by atoms with Gasteiger partial charge in [0.1, 0.15) is 6.61 Å². The number of allylic oxidation sites excluding steroid dienone is 2. The Bertz CT molecular complexity index is 849. The van der Waals surface area contributed by atoms with Crippen LogP contribution < -0.4 is 0 Å². The zero-order chi connectivity index (χ0) is 37.5. The molecule has 0 radical (unpaired) electrons. The summed E-state index contributed by atoms with van der Waals surface area (Å²) in [7, 11) is -4.27. The first kappa shape index (κ1) is 49.8. The van der Waals surface area contributed by atoms with E-state index in [1.165, 1.54) is 135 Å². The Hall–Kier alpha value is -1.21. The molecule has 0 saturated heterocycles. The molecule has 0 fully saturated rings. The molecule has 0 aliphatic heterocycles. The lowest BCUT2D eigenvalue weighted by atomic mass is 10.0. The van der Waals surface area contributed by atoms with Crippen LogP contribution in [0.2, 0.25) is 0 Å². The summed E-state index contributed by atoms with van der Waals surface area (Å²) in [6.07, 6.45) is 39.7. The monoisotopic (exact) mass is 745 g/mol. The highest BCUT2D eigenvalue weighted by molar-refractivity contribution is 7.47. The second kappa shape index (κ2) is 38.5. The molecule has 0 aromatic heterocycles. The number of hydrogen-bond acceptors (Lipinski definition) is 7. The van der Waals surface area contributed by atoms with Gasteiger partial charge >= 0.3 is 19.8 Å². The van der Waals surface area contributed by atoms with Crippen molar-refractivity contribution in [1.29, 1.82) is 0 Å². The number of esters is 2. The maximum atomic E-state index is 12.5. The molecule has 0 aliphatic carbocycles. The first-order chi connectivity index (χ1) is 24.8. The maximum Gasteiger partial charge on any atom is 0.472 e. The summed E-state index contributed by atoms with van der Waals surface area (Å²) < 4.78 is 32.6. The normalized spacial score (nSPS) is 13.4. The van der Waals surface area contributed by atoms with Crippen molar-refractivity contribution in [3.8, 4) is 0 Å². The first-order valence-electron chi connectivity index (χ1n) is 21.5. The fourth-order valence-corrected chi connectivity index (χ4v) is 6.91. The van der Waals surface area contributed by atoms with Crippen molar-refractivity contribution >= 4 is 19.8 Å². The molecular weight excluding hydrogens is 663 g/mol. The summed E-state index contributed by atoms with van der Waals surface area (Å²) in [5.41, 5.74) is 0. The second-order valence-electron chi connectivity index (χ2n) is 14.4. The van der Waals surface area contributed by atoms with E-state index in [0.29, 0.717) is 12.8 Å². The van der Waals surface area contributed by atoms with Crippen LogP contribution in [-0.2, 0) is 32.7 Å². The highest BCUT2D eigenvalue weighted by Gasteiger charge is 2.25. The maximum absolute atomic E-state index is 12.5. The first-order valence-corrected chi connectivity index (χ1v) is 23.0. The van der Waals surface area contributed by atoms with Crippen LogP contribution in [0.1, 0.15) is 220 Å². The van der Waals surface area contributed by atoms with Crippen molar-refractivity contribution < 1.29 is 37.6 Å². The molecule has 1 N–H and O–H groups in total. The van der Waals surface area contributed by atoms with Gasteiger partial charge in [0.2, 0.25) is 0 Å². The van der Waals surface area contributed by atoms with Gasteiger partial charge in [-0.3, -0.25) is 18.6 Å². The van der Waals surface area contributed by atoms with Gasteiger partial charge in [-0.1, -0.05) is 174 Å². The van der Waals surface area contributed by atoms with E-state index in [9.17, 15) is 19.0 Å². The third-order valence-corrected chi connectivity index (χ3v) is 10.4. The lowest BCUT2D eigenvalue weighted by molar-refractivity contribution is -0.161. The third-order valence-electron chi connectivity index (χ3n) is 9.32. The molecule has 51 heavy (non-hydrogen) atoms. The largest absolute Gasteiger partial charge is 0.472 e. The van der Waals surface area contributed by atoms with Gasteiger partial charge in [-0.15, -0.1) is 0 Å². The third kappa shape index (κ3) is 38.3. The van der Waals surface area contributed by atoms with E-state index in [4.69, 9.17) is 18.5 Å². The minimum Gasteiger partial charge on any atom is -0.462 e. The van der Waals surface area contributed by atoms with Crippen molar-refractivity contribution in [3.63, 3.8) is 0 Å². The summed E-state index contributed by atoms with van der Waals surface area (Å²) >= 11 is 0. The fourth-order valence-electron chi connectivity index (χ4n) is 6.15. The van der Waals surface area contributed by atoms with Crippen LogP contribution in [0.5, 0.6) is 0 Å². The Balaban J connectivity index is 4.06. The molecule has 0 bridgehead atoms. The number of rotatable bonds is 40. The molecule has 2 unspecified atom stereocenters. The Morgan fingerprint density at radius 1 is 0.510 bits per heavy atom. The molecule has 9 heteroatoms. The molecule has 0 spiro atoms. The molecule has 0 aromatic rings. The van der Waals surface area contributed by atoms with Crippen molar-refractivity contribution in [2.45, 2.75) is 226 Å². The van der Waals surface area contributed by atoms with Gasteiger partial charge < -0.3 is 14.4 Å². The van der Waals surface area contributed by atoms with Crippen molar-refractivity contribution in [1.82, 2.24) is 0 Å². The van der Waals surface area contributed by atoms with Crippen LogP contribution in [0.4, 0.5) is 0 Å². The van der Waals surface area contributed by atoms with Crippen molar-refractivity contribution in [2.24, 2.45) is 0 Å². The van der Waals surface area contributed by atoms with Crippen molar-refractivity contribution in [2.75, 3.05) is 19.8 Å². The Morgan fingerprint density at radius 2 is 0.882 bits per heavy atom. The lowest BCUT2D eigenvalue weighted by Crippen LogP contribution is -2.29. The van der Waals surface area contributed by atoms with E-state index in [1.807, 2.05) is 0 Å². The number of ether oxygens (including phenoxy) is 2. The van der Waals surface area contributed by atoms with Gasteiger partial charge in [-0.25, -0.2) is 4.57 Å². The smallest absolute Gasteiger partial charge is 0.462 e. The van der Waals surface area contributed by atoms with E-state index in [2.05, 4.69) is 26.0 Å². The molecule has 0 rings (SSSR count). The zero-order valence-corrected chi connectivity index (χ0v) is 34.4. The number of hydrogen-bond donors (Lipinski definition) is 1.